The van der Waals surface area contributed by atoms with Crippen LogP contribution in [0.4, 0.5) is 4.39 Å². The standard InChI is InChI=1S/C22H20FN3O4S2/c23-18-9-11-19(12-10-18)31-15-21(27)25-26-22(28)17-7-4-8-20(13-17)32(29,30)24-14-16-5-2-1-3-6-16/h1-13,24H,14-15H2,(H,25,27)(H,26,28). The van der Waals surface area contributed by atoms with Crippen LogP contribution in [0.25, 0.3) is 0 Å². The zero-order chi connectivity index (χ0) is 23.0. The van der Waals surface area contributed by atoms with E-state index in [-0.39, 0.29) is 28.6 Å². The second kappa shape index (κ2) is 10.9. The number of rotatable bonds is 8. The number of hydrogen-bond donors (Lipinski definition) is 3. The maximum Gasteiger partial charge on any atom is 0.269 e. The van der Waals surface area contributed by atoms with Crippen LogP contribution in [-0.2, 0) is 21.4 Å². The molecule has 32 heavy (non-hydrogen) atoms. The van der Waals surface area contributed by atoms with Gasteiger partial charge in [-0.15, -0.1) is 11.8 Å². The van der Waals surface area contributed by atoms with Gasteiger partial charge in [-0.05, 0) is 48.0 Å². The van der Waals surface area contributed by atoms with Gasteiger partial charge >= 0.3 is 0 Å². The Balaban J connectivity index is 1.53. The van der Waals surface area contributed by atoms with Gasteiger partial charge in [-0.25, -0.2) is 17.5 Å². The van der Waals surface area contributed by atoms with E-state index in [9.17, 15) is 22.4 Å². The Hall–Kier alpha value is -3.21. The van der Waals surface area contributed by atoms with Gasteiger partial charge < -0.3 is 0 Å². The van der Waals surface area contributed by atoms with E-state index in [1.54, 1.807) is 36.4 Å². The maximum atomic E-state index is 12.9. The number of carbonyl (C=O) groups excluding carboxylic acids is 2. The van der Waals surface area contributed by atoms with Crippen LogP contribution < -0.4 is 15.6 Å². The normalized spacial score (nSPS) is 11.0. The molecule has 0 aliphatic carbocycles. The SMILES string of the molecule is O=C(CSc1ccc(F)cc1)NNC(=O)c1cccc(S(=O)(=O)NCc2ccccc2)c1. The van der Waals surface area contributed by atoms with Gasteiger partial charge in [0.15, 0.2) is 0 Å². The van der Waals surface area contributed by atoms with Crippen molar-refractivity contribution < 1.29 is 22.4 Å². The summed E-state index contributed by atoms with van der Waals surface area (Å²) in [5.74, 6) is -1.50. The van der Waals surface area contributed by atoms with E-state index >= 15 is 0 Å². The monoisotopic (exact) mass is 473 g/mol. The molecule has 10 heteroatoms. The summed E-state index contributed by atoms with van der Waals surface area (Å²) in [6.07, 6.45) is 0. The van der Waals surface area contributed by atoms with Gasteiger partial charge in [-0.2, -0.15) is 0 Å². The van der Waals surface area contributed by atoms with E-state index < -0.39 is 21.8 Å². The Morgan fingerprint density at radius 1 is 0.875 bits per heavy atom. The summed E-state index contributed by atoms with van der Waals surface area (Å²) in [5, 5.41) is 0. The lowest BCUT2D eigenvalue weighted by Gasteiger charge is -2.10. The van der Waals surface area contributed by atoms with Gasteiger partial charge in [-0.3, -0.25) is 20.4 Å². The number of hydrogen-bond acceptors (Lipinski definition) is 5. The number of thioether (sulfide) groups is 1. The minimum Gasteiger partial charge on any atom is -0.272 e. The first-order valence-corrected chi connectivity index (χ1v) is 11.9. The maximum absolute atomic E-state index is 12.9. The molecule has 0 atom stereocenters. The van der Waals surface area contributed by atoms with Crippen molar-refractivity contribution in [2.75, 3.05) is 5.75 Å². The molecule has 0 heterocycles. The minimum absolute atomic E-state index is 0.00371. The van der Waals surface area contributed by atoms with Crippen LogP contribution in [0, 0.1) is 5.82 Å². The third-order valence-corrected chi connectivity index (χ3v) is 6.63. The largest absolute Gasteiger partial charge is 0.272 e. The molecule has 0 aliphatic heterocycles. The molecular weight excluding hydrogens is 453 g/mol. The van der Waals surface area contributed by atoms with Crippen LogP contribution >= 0.6 is 11.8 Å². The lowest BCUT2D eigenvalue weighted by Crippen LogP contribution is -2.42. The summed E-state index contributed by atoms with van der Waals surface area (Å²) in [4.78, 5) is 24.9. The molecular formula is C22H20FN3O4S2. The number of amides is 2. The van der Waals surface area contributed by atoms with Crippen LogP contribution in [0.15, 0.2) is 88.7 Å². The van der Waals surface area contributed by atoms with E-state index in [1.807, 2.05) is 6.07 Å². The fourth-order valence-electron chi connectivity index (χ4n) is 2.58. The van der Waals surface area contributed by atoms with Gasteiger partial charge in [0.25, 0.3) is 5.91 Å². The van der Waals surface area contributed by atoms with Crippen molar-refractivity contribution in [2.24, 2.45) is 0 Å². The Morgan fingerprint density at radius 3 is 2.31 bits per heavy atom. The summed E-state index contributed by atoms with van der Waals surface area (Å²) < 4.78 is 40.5. The average Bonchev–Trinajstić information content (AvgIpc) is 2.81. The first kappa shape index (κ1) is 23.5. The Morgan fingerprint density at radius 2 is 1.59 bits per heavy atom. The van der Waals surface area contributed by atoms with Crippen molar-refractivity contribution in [3.63, 3.8) is 0 Å². The molecule has 0 aromatic heterocycles. The molecule has 0 saturated carbocycles. The van der Waals surface area contributed by atoms with Gasteiger partial charge in [0, 0.05) is 17.0 Å². The highest BCUT2D eigenvalue weighted by molar-refractivity contribution is 8.00. The molecule has 7 nitrogen and oxygen atoms in total. The number of nitrogens with one attached hydrogen (secondary N) is 3. The second-order valence-electron chi connectivity index (χ2n) is 6.58. The molecule has 3 rings (SSSR count). The summed E-state index contributed by atoms with van der Waals surface area (Å²) in [6, 6.07) is 20.2. The van der Waals surface area contributed by atoms with E-state index in [0.717, 1.165) is 5.56 Å². The zero-order valence-corrected chi connectivity index (χ0v) is 18.4. The van der Waals surface area contributed by atoms with Crippen LogP contribution in [0.5, 0.6) is 0 Å². The number of sulfonamides is 1. The lowest BCUT2D eigenvalue weighted by atomic mass is 10.2. The molecule has 0 spiro atoms. The third kappa shape index (κ3) is 6.91. The topological polar surface area (TPSA) is 104 Å². The van der Waals surface area contributed by atoms with Crippen molar-refractivity contribution in [2.45, 2.75) is 16.3 Å². The van der Waals surface area contributed by atoms with Crippen molar-refractivity contribution in [1.29, 1.82) is 0 Å². The van der Waals surface area contributed by atoms with E-state index in [0.29, 0.717) is 4.90 Å². The van der Waals surface area contributed by atoms with Gasteiger partial charge in [0.2, 0.25) is 15.9 Å². The number of hydrazine groups is 1. The Bertz CT molecular complexity index is 1190. The van der Waals surface area contributed by atoms with Crippen molar-refractivity contribution >= 4 is 33.6 Å². The van der Waals surface area contributed by atoms with Crippen LogP contribution in [0.3, 0.4) is 0 Å². The summed E-state index contributed by atoms with van der Waals surface area (Å²) in [7, 11) is -3.84. The number of carbonyl (C=O) groups is 2. The predicted octanol–water partition coefficient (Wildman–Crippen LogP) is 2.86. The smallest absolute Gasteiger partial charge is 0.269 e. The van der Waals surface area contributed by atoms with E-state index in [2.05, 4.69) is 15.6 Å². The van der Waals surface area contributed by atoms with Crippen molar-refractivity contribution in [1.82, 2.24) is 15.6 Å². The lowest BCUT2D eigenvalue weighted by molar-refractivity contribution is -0.119. The number of benzene rings is 3. The zero-order valence-electron chi connectivity index (χ0n) is 16.7. The van der Waals surface area contributed by atoms with Gasteiger partial charge in [0.05, 0.1) is 10.6 Å². The second-order valence-corrected chi connectivity index (χ2v) is 9.40. The van der Waals surface area contributed by atoms with Crippen LogP contribution in [-0.4, -0.2) is 26.0 Å². The molecule has 0 saturated heterocycles. The van der Waals surface area contributed by atoms with E-state index in [1.165, 1.54) is 48.2 Å². The van der Waals surface area contributed by atoms with Gasteiger partial charge in [-0.1, -0.05) is 36.4 Å². The first-order valence-electron chi connectivity index (χ1n) is 9.45. The highest BCUT2D eigenvalue weighted by atomic mass is 32.2. The fourth-order valence-corrected chi connectivity index (χ4v) is 4.34. The van der Waals surface area contributed by atoms with Crippen LogP contribution in [0.1, 0.15) is 15.9 Å². The summed E-state index contributed by atoms with van der Waals surface area (Å²) in [5.41, 5.74) is 5.39. The highest BCUT2D eigenvalue weighted by Gasteiger charge is 2.16. The molecule has 3 aromatic carbocycles. The quantitative estimate of drug-likeness (QED) is 0.345. The molecule has 0 bridgehead atoms. The van der Waals surface area contributed by atoms with Gasteiger partial charge in [0.1, 0.15) is 5.82 Å². The first-order chi connectivity index (χ1) is 15.3. The fraction of sp³-hybridized carbons (Fsp3) is 0.0909. The summed E-state index contributed by atoms with van der Waals surface area (Å²) >= 11 is 1.18. The molecule has 3 aromatic rings. The third-order valence-electron chi connectivity index (χ3n) is 4.21. The molecule has 3 N–H and O–H groups in total. The highest BCUT2D eigenvalue weighted by Crippen LogP contribution is 2.17. The Kier molecular flexibility index (Phi) is 7.98. The van der Waals surface area contributed by atoms with Crippen molar-refractivity contribution in [3.8, 4) is 0 Å². The minimum atomic E-state index is -3.84. The number of halogens is 1. The van der Waals surface area contributed by atoms with Crippen LogP contribution in [0.2, 0.25) is 0 Å². The molecule has 166 valence electrons. The van der Waals surface area contributed by atoms with E-state index in [4.69, 9.17) is 0 Å². The molecule has 0 aliphatic rings. The Labute approximate surface area is 189 Å². The molecule has 0 unspecified atom stereocenters. The van der Waals surface area contributed by atoms with Crippen molar-refractivity contribution in [3.05, 3.63) is 95.8 Å². The predicted molar refractivity (Wildman–Crippen MR) is 120 cm³/mol. The average molecular weight is 474 g/mol. The molecule has 2 amide bonds. The summed E-state index contributed by atoms with van der Waals surface area (Å²) in [6.45, 7) is 0.112. The molecule has 0 fully saturated rings. The molecule has 0 radical (unpaired) electrons.